The van der Waals surface area contributed by atoms with Crippen molar-refractivity contribution >= 4 is 33.4 Å². The predicted molar refractivity (Wildman–Crippen MR) is 148 cm³/mol. The highest BCUT2D eigenvalue weighted by atomic mass is 16.1. The van der Waals surface area contributed by atoms with Gasteiger partial charge in [-0.25, -0.2) is 4.68 Å². The van der Waals surface area contributed by atoms with Crippen molar-refractivity contribution in [3.8, 4) is 16.8 Å². The Morgan fingerprint density at radius 3 is 2.69 bits per heavy atom. The second-order valence-corrected chi connectivity index (χ2v) is 9.67. The molecule has 0 radical (unpaired) electrons. The van der Waals surface area contributed by atoms with Crippen LogP contribution >= 0.6 is 0 Å². The second kappa shape index (κ2) is 9.82. The summed E-state index contributed by atoms with van der Waals surface area (Å²) in [4.78, 5) is 16.7. The number of para-hydroxylation sites is 1. The molecule has 1 amide bonds. The number of carbonyl (C=O) groups excluding carboxylic acids is 1. The van der Waals surface area contributed by atoms with Crippen LogP contribution in [0.5, 0.6) is 0 Å². The zero-order chi connectivity index (χ0) is 25.2. The third-order valence-corrected chi connectivity index (χ3v) is 6.57. The summed E-state index contributed by atoms with van der Waals surface area (Å²) in [7, 11) is 0. The maximum absolute atomic E-state index is 12.1. The number of carbonyl (C=O) groups is 1. The van der Waals surface area contributed by atoms with Gasteiger partial charge in [-0.3, -0.25) is 9.78 Å². The summed E-state index contributed by atoms with van der Waals surface area (Å²) in [6.45, 7) is 7.23. The first-order valence-corrected chi connectivity index (χ1v) is 12.4. The van der Waals surface area contributed by atoms with Crippen LogP contribution in [0.25, 0.3) is 38.6 Å². The van der Waals surface area contributed by atoms with Gasteiger partial charge in [-0.15, -0.1) is 0 Å². The van der Waals surface area contributed by atoms with E-state index in [-0.39, 0.29) is 0 Å². The first-order valence-electron chi connectivity index (χ1n) is 12.4. The molecule has 0 fully saturated rings. The number of hydrogen-bond acceptors (Lipinski definition) is 4. The van der Waals surface area contributed by atoms with E-state index < -0.39 is 5.91 Å². The molecule has 0 bridgehead atoms. The van der Waals surface area contributed by atoms with E-state index in [4.69, 9.17) is 10.8 Å². The number of primary amides is 1. The molecule has 6 heteroatoms. The maximum Gasteiger partial charge on any atom is 0.250 e. The third kappa shape index (κ3) is 4.54. The average Bonchev–Trinajstić information content (AvgIpc) is 3.22. The van der Waals surface area contributed by atoms with Crippen LogP contribution in [0.2, 0.25) is 0 Å². The molecule has 3 aromatic carbocycles. The highest BCUT2D eigenvalue weighted by Crippen LogP contribution is 2.34. The number of amides is 1. The highest BCUT2D eigenvalue weighted by molar-refractivity contribution is 6.00. The lowest BCUT2D eigenvalue weighted by molar-refractivity contribution is 0.100. The Morgan fingerprint density at radius 2 is 1.89 bits per heavy atom. The number of aryl methyl sites for hydroxylation is 1. The summed E-state index contributed by atoms with van der Waals surface area (Å²) in [5.41, 5.74) is 12.8. The minimum atomic E-state index is -0.444. The zero-order valence-electron chi connectivity index (χ0n) is 21.0. The van der Waals surface area contributed by atoms with E-state index in [1.54, 1.807) is 6.07 Å². The van der Waals surface area contributed by atoms with E-state index in [2.05, 4.69) is 48.4 Å². The predicted octanol–water partition coefficient (Wildman–Crippen LogP) is 6.50. The normalized spacial score (nSPS) is 11.4. The minimum absolute atomic E-state index is 0.444. The van der Waals surface area contributed by atoms with Crippen LogP contribution in [0.4, 0.5) is 5.69 Å². The molecule has 36 heavy (non-hydrogen) atoms. The Bertz CT molecular complexity index is 1570. The lowest BCUT2D eigenvalue weighted by Crippen LogP contribution is -2.15. The number of hydrogen-bond donors (Lipinski definition) is 2. The van der Waals surface area contributed by atoms with Crippen molar-refractivity contribution in [2.75, 3.05) is 11.9 Å². The number of nitrogens with zero attached hydrogens (tertiary/aromatic N) is 3. The van der Waals surface area contributed by atoms with E-state index >= 15 is 0 Å². The SMILES string of the molecule is Cc1nn(-c2ccc(C(N)=O)c(NCCCC(C)C)c2)c2cccc(-c3cnc4ccccc4c3)c12. The van der Waals surface area contributed by atoms with Gasteiger partial charge in [-0.1, -0.05) is 44.2 Å². The average molecular weight is 478 g/mol. The van der Waals surface area contributed by atoms with Gasteiger partial charge in [0.05, 0.1) is 28.0 Å². The van der Waals surface area contributed by atoms with Crippen molar-refractivity contribution in [1.82, 2.24) is 14.8 Å². The first-order chi connectivity index (χ1) is 17.4. The van der Waals surface area contributed by atoms with E-state index in [9.17, 15) is 4.79 Å². The molecule has 0 saturated carbocycles. The first kappa shape index (κ1) is 23.5. The third-order valence-electron chi connectivity index (χ3n) is 6.57. The van der Waals surface area contributed by atoms with Crippen LogP contribution in [0, 0.1) is 12.8 Å². The number of nitrogens with one attached hydrogen (secondary N) is 1. The van der Waals surface area contributed by atoms with Crippen LogP contribution in [0.3, 0.4) is 0 Å². The van der Waals surface area contributed by atoms with Gasteiger partial charge in [0, 0.05) is 34.8 Å². The Hall–Kier alpha value is -4.19. The van der Waals surface area contributed by atoms with Gasteiger partial charge < -0.3 is 11.1 Å². The maximum atomic E-state index is 12.1. The smallest absolute Gasteiger partial charge is 0.250 e. The topological polar surface area (TPSA) is 85.8 Å². The molecule has 0 saturated heterocycles. The molecular weight excluding hydrogens is 446 g/mol. The van der Waals surface area contributed by atoms with Gasteiger partial charge in [-0.05, 0) is 67.6 Å². The van der Waals surface area contributed by atoms with Gasteiger partial charge in [-0.2, -0.15) is 5.10 Å². The van der Waals surface area contributed by atoms with Gasteiger partial charge in [0.1, 0.15) is 0 Å². The summed E-state index contributed by atoms with van der Waals surface area (Å²) in [6, 6.07) is 22.2. The van der Waals surface area contributed by atoms with Gasteiger partial charge in [0.25, 0.3) is 5.91 Å². The molecule has 0 unspecified atom stereocenters. The molecule has 5 aromatic rings. The number of fused-ring (bicyclic) bond motifs is 2. The molecule has 0 aliphatic heterocycles. The van der Waals surface area contributed by atoms with Crippen molar-refractivity contribution in [3.05, 3.63) is 84.2 Å². The molecule has 0 atom stereocenters. The Kier molecular flexibility index (Phi) is 6.42. The molecule has 0 aliphatic rings. The molecule has 0 spiro atoms. The number of rotatable bonds is 8. The summed E-state index contributed by atoms with van der Waals surface area (Å²) in [6.07, 6.45) is 4.07. The van der Waals surface area contributed by atoms with Crippen LogP contribution < -0.4 is 11.1 Å². The molecule has 2 heterocycles. The van der Waals surface area contributed by atoms with E-state index in [0.717, 1.165) is 69.4 Å². The second-order valence-electron chi connectivity index (χ2n) is 9.67. The van der Waals surface area contributed by atoms with E-state index in [0.29, 0.717) is 11.5 Å². The Morgan fingerprint density at radius 1 is 1.06 bits per heavy atom. The Balaban J connectivity index is 1.57. The molecule has 182 valence electrons. The standard InChI is InChI=1S/C30H31N5O/c1-19(2)8-7-15-32-27-17-23(13-14-25(27)30(31)36)35-28-12-6-10-24(29(28)20(3)34-35)22-16-21-9-4-5-11-26(21)33-18-22/h4-6,9-14,16-19,32H,7-8,15H2,1-3H3,(H2,31,36). The fourth-order valence-corrected chi connectivity index (χ4v) is 4.76. The fraction of sp³-hybridized carbons (Fsp3) is 0.233. The van der Waals surface area contributed by atoms with Gasteiger partial charge >= 0.3 is 0 Å². The van der Waals surface area contributed by atoms with Crippen LogP contribution in [0.1, 0.15) is 42.7 Å². The van der Waals surface area contributed by atoms with Crippen LogP contribution in [-0.4, -0.2) is 27.2 Å². The van der Waals surface area contributed by atoms with Crippen molar-refractivity contribution in [3.63, 3.8) is 0 Å². The van der Waals surface area contributed by atoms with Crippen molar-refractivity contribution in [2.24, 2.45) is 11.7 Å². The molecule has 6 nitrogen and oxygen atoms in total. The summed E-state index contributed by atoms with van der Waals surface area (Å²) in [5.74, 6) is 0.194. The fourth-order valence-electron chi connectivity index (χ4n) is 4.76. The zero-order valence-corrected chi connectivity index (χ0v) is 21.0. The number of benzene rings is 3. The molecule has 3 N–H and O–H groups in total. The number of aromatic nitrogens is 3. The molecular formula is C30H31N5O. The number of pyridine rings is 1. The largest absolute Gasteiger partial charge is 0.384 e. The van der Waals surface area contributed by atoms with Gasteiger partial charge in [0.15, 0.2) is 0 Å². The van der Waals surface area contributed by atoms with E-state index in [1.165, 1.54) is 0 Å². The minimum Gasteiger partial charge on any atom is -0.384 e. The number of nitrogens with two attached hydrogens (primary N) is 1. The quantitative estimate of drug-likeness (QED) is 0.250. The number of anilines is 1. The lowest BCUT2D eigenvalue weighted by atomic mass is 10.0. The summed E-state index contributed by atoms with van der Waals surface area (Å²) >= 11 is 0. The van der Waals surface area contributed by atoms with Crippen molar-refractivity contribution in [2.45, 2.75) is 33.6 Å². The van der Waals surface area contributed by atoms with Crippen molar-refractivity contribution in [1.29, 1.82) is 0 Å². The highest BCUT2D eigenvalue weighted by Gasteiger charge is 2.16. The summed E-state index contributed by atoms with van der Waals surface area (Å²) in [5, 5.41) is 10.5. The molecule has 5 rings (SSSR count). The lowest BCUT2D eigenvalue weighted by Gasteiger charge is -2.13. The van der Waals surface area contributed by atoms with Crippen LogP contribution in [0.15, 0.2) is 72.9 Å². The summed E-state index contributed by atoms with van der Waals surface area (Å²) < 4.78 is 1.94. The van der Waals surface area contributed by atoms with Gasteiger partial charge in [0.2, 0.25) is 0 Å². The van der Waals surface area contributed by atoms with E-state index in [1.807, 2.05) is 54.2 Å². The monoisotopic (exact) mass is 477 g/mol. The Labute approximate surface area is 211 Å². The molecule has 0 aliphatic carbocycles. The molecule has 2 aromatic heterocycles. The van der Waals surface area contributed by atoms with Crippen molar-refractivity contribution < 1.29 is 4.79 Å². The van der Waals surface area contributed by atoms with Crippen LogP contribution in [-0.2, 0) is 0 Å².